The zero-order chi connectivity index (χ0) is 21.7. The minimum Gasteiger partial charge on any atom is -0.545 e. The van der Waals surface area contributed by atoms with Gasteiger partial charge in [0, 0.05) is 18.7 Å². The average molecular weight is 426 g/mol. The van der Waals surface area contributed by atoms with Gasteiger partial charge in [0.25, 0.3) is 0 Å². The van der Waals surface area contributed by atoms with E-state index in [9.17, 15) is 19.5 Å². The van der Waals surface area contributed by atoms with Gasteiger partial charge < -0.3 is 20.0 Å². The van der Waals surface area contributed by atoms with Crippen molar-refractivity contribution in [2.45, 2.75) is 18.6 Å². The molecule has 156 valence electrons. The zero-order valence-electron chi connectivity index (χ0n) is 16.5. The molecule has 2 aromatic rings. The van der Waals surface area contributed by atoms with E-state index in [0.29, 0.717) is 28.8 Å². The van der Waals surface area contributed by atoms with Crippen molar-refractivity contribution in [3.8, 4) is 5.75 Å². The van der Waals surface area contributed by atoms with Crippen molar-refractivity contribution in [2.75, 3.05) is 19.0 Å². The molecule has 1 aliphatic rings. The van der Waals surface area contributed by atoms with Crippen LogP contribution in [0.3, 0.4) is 0 Å². The molecule has 30 heavy (non-hydrogen) atoms. The fourth-order valence-electron chi connectivity index (χ4n) is 2.89. The van der Waals surface area contributed by atoms with Crippen LogP contribution < -0.4 is 15.2 Å². The van der Waals surface area contributed by atoms with E-state index in [1.165, 1.54) is 48.0 Å². The SMILES string of the molecule is CCN1C(=O)C[C@@H](C(=O)Nc2ccc(C(=O)[O-])cc2)SC1=Nc1ccccc1OC. The Bertz CT molecular complexity index is 990. The van der Waals surface area contributed by atoms with Gasteiger partial charge in [-0.25, -0.2) is 4.99 Å². The molecule has 8 nitrogen and oxygen atoms in total. The smallest absolute Gasteiger partial charge is 0.238 e. The Balaban J connectivity index is 1.81. The Morgan fingerprint density at radius 3 is 2.57 bits per heavy atom. The number of para-hydroxylation sites is 2. The Morgan fingerprint density at radius 1 is 1.23 bits per heavy atom. The summed E-state index contributed by atoms with van der Waals surface area (Å²) in [6, 6.07) is 12.8. The van der Waals surface area contributed by atoms with Gasteiger partial charge in [-0.1, -0.05) is 36.0 Å². The van der Waals surface area contributed by atoms with Crippen molar-refractivity contribution < 1.29 is 24.2 Å². The number of amides is 2. The lowest BCUT2D eigenvalue weighted by atomic mass is 10.2. The van der Waals surface area contributed by atoms with Crippen molar-refractivity contribution in [2.24, 2.45) is 4.99 Å². The van der Waals surface area contributed by atoms with Gasteiger partial charge in [-0.05, 0) is 36.8 Å². The quantitative estimate of drug-likeness (QED) is 0.757. The van der Waals surface area contributed by atoms with Crippen LogP contribution in [0.15, 0.2) is 53.5 Å². The maximum absolute atomic E-state index is 12.7. The maximum Gasteiger partial charge on any atom is 0.238 e. The van der Waals surface area contributed by atoms with Gasteiger partial charge in [-0.3, -0.25) is 14.5 Å². The van der Waals surface area contributed by atoms with E-state index in [4.69, 9.17) is 4.74 Å². The number of carboxylic acid groups (broad SMARTS) is 1. The molecule has 9 heteroatoms. The highest BCUT2D eigenvalue weighted by Crippen LogP contribution is 2.33. The number of nitrogens with zero attached hydrogens (tertiary/aromatic N) is 2. The zero-order valence-corrected chi connectivity index (χ0v) is 17.3. The van der Waals surface area contributed by atoms with Crippen molar-refractivity contribution in [3.63, 3.8) is 0 Å². The van der Waals surface area contributed by atoms with Crippen LogP contribution in [0.25, 0.3) is 0 Å². The van der Waals surface area contributed by atoms with Gasteiger partial charge in [0.15, 0.2) is 5.17 Å². The van der Waals surface area contributed by atoms with E-state index in [-0.39, 0.29) is 23.8 Å². The number of ether oxygens (including phenoxy) is 1. The predicted octanol–water partition coefficient (Wildman–Crippen LogP) is 2.04. The van der Waals surface area contributed by atoms with Crippen LogP contribution in [-0.4, -0.2) is 46.8 Å². The number of hydrogen-bond acceptors (Lipinski definition) is 7. The molecular weight excluding hydrogens is 406 g/mol. The average Bonchev–Trinajstić information content (AvgIpc) is 2.74. The van der Waals surface area contributed by atoms with Crippen LogP contribution in [0.2, 0.25) is 0 Å². The van der Waals surface area contributed by atoms with Crippen molar-refractivity contribution in [3.05, 3.63) is 54.1 Å². The highest BCUT2D eigenvalue weighted by Gasteiger charge is 2.35. The molecular formula is C21H20N3O5S-. The van der Waals surface area contributed by atoms with Gasteiger partial charge in [-0.2, -0.15) is 0 Å². The van der Waals surface area contributed by atoms with Gasteiger partial charge in [0.1, 0.15) is 16.7 Å². The topological polar surface area (TPSA) is 111 Å². The lowest BCUT2D eigenvalue weighted by molar-refractivity contribution is -0.255. The monoisotopic (exact) mass is 426 g/mol. The number of aromatic carboxylic acids is 1. The number of carbonyl (C=O) groups is 3. The summed E-state index contributed by atoms with van der Waals surface area (Å²) >= 11 is 1.20. The molecule has 0 spiro atoms. The molecule has 0 saturated carbocycles. The van der Waals surface area contributed by atoms with E-state index < -0.39 is 11.2 Å². The van der Waals surface area contributed by atoms with Crippen LogP contribution in [0, 0.1) is 0 Å². The molecule has 0 bridgehead atoms. The van der Waals surface area contributed by atoms with Crippen molar-refractivity contribution in [1.29, 1.82) is 0 Å². The summed E-state index contributed by atoms with van der Waals surface area (Å²) in [6.07, 6.45) is 0.0341. The maximum atomic E-state index is 12.7. The normalized spacial score (nSPS) is 17.7. The summed E-state index contributed by atoms with van der Waals surface area (Å²) in [7, 11) is 1.54. The Hall–Kier alpha value is -3.33. The summed E-state index contributed by atoms with van der Waals surface area (Å²) in [4.78, 5) is 42.3. The lowest BCUT2D eigenvalue weighted by Crippen LogP contribution is -2.45. The predicted molar refractivity (Wildman–Crippen MR) is 113 cm³/mol. The summed E-state index contributed by atoms with van der Waals surface area (Å²) in [5.41, 5.74) is 1.01. The van der Waals surface area contributed by atoms with E-state index in [1.54, 1.807) is 12.1 Å². The minimum atomic E-state index is -1.29. The number of nitrogens with one attached hydrogen (secondary N) is 1. The van der Waals surface area contributed by atoms with Crippen LogP contribution in [0.1, 0.15) is 23.7 Å². The third kappa shape index (κ3) is 4.80. The first-order valence-electron chi connectivity index (χ1n) is 9.24. The molecule has 0 radical (unpaired) electrons. The van der Waals surface area contributed by atoms with Crippen LogP contribution in [0.5, 0.6) is 5.75 Å². The van der Waals surface area contributed by atoms with Gasteiger partial charge >= 0.3 is 0 Å². The molecule has 2 aromatic carbocycles. The number of anilines is 1. The Morgan fingerprint density at radius 2 is 1.93 bits per heavy atom. The fourth-order valence-corrected chi connectivity index (χ4v) is 4.05. The molecule has 0 unspecified atom stereocenters. The van der Waals surface area contributed by atoms with Crippen molar-refractivity contribution >= 4 is 46.1 Å². The van der Waals surface area contributed by atoms with E-state index >= 15 is 0 Å². The first-order valence-corrected chi connectivity index (χ1v) is 10.1. The number of carbonyl (C=O) groups excluding carboxylic acids is 3. The molecule has 0 aromatic heterocycles. The summed E-state index contributed by atoms with van der Waals surface area (Å²) < 4.78 is 5.32. The number of aliphatic imine (C=N–C) groups is 1. The molecule has 1 N–H and O–H groups in total. The number of benzene rings is 2. The highest BCUT2D eigenvalue weighted by molar-refractivity contribution is 8.15. The van der Waals surface area contributed by atoms with Gasteiger partial charge in [0.05, 0.1) is 13.1 Å². The standard InChI is InChI=1S/C21H21N3O5S/c1-3-24-18(25)12-17(19(26)22-14-10-8-13(9-11-14)20(27)28)30-21(24)23-15-6-4-5-7-16(15)29-2/h4-11,17H,3,12H2,1-2H3,(H,22,26)(H,27,28)/p-1/t17-/m0/s1. The van der Waals surface area contributed by atoms with E-state index in [1.807, 2.05) is 19.1 Å². The van der Waals surface area contributed by atoms with Gasteiger partial charge in [-0.15, -0.1) is 0 Å². The van der Waals surface area contributed by atoms with Crippen molar-refractivity contribution in [1.82, 2.24) is 4.90 Å². The molecule has 2 amide bonds. The Labute approximate surface area is 177 Å². The number of thioether (sulfide) groups is 1. The molecule has 1 aliphatic heterocycles. The number of hydrogen-bond donors (Lipinski definition) is 1. The van der Waals surface area contributed by atoms with Crippen LogP contribution in [-0.2, 0) is 9.59 Å². The number of methoxy groups -OCH3 is 1. The first kappa shape index (κ1) is 21.4. The van der Waals surface area contributed by atoms with E-state index in [0.717, 1.165) is 0 Å². The second kappa shape index (κ2) is 9.45. The summed E-state index contributed by atoms with van der Waals surface area (Å²) in [5, 5.41) is 13.3. The van der Waals surface area contributed by atoms with Gasteiger partial charge in [0.2, 0.25) is 11.8 Å². The molecule has 3 rings (SSSR count). The summed E-state index contributed by atoms with van der Waals surface area (Å²) in [5.74, 6) is -1.29. The third-order valence-electron chi connectivity index (χ3n) is 4.44. The second-order valence-corrected chi connectivity index (χ2v) is 7.54. The molecule has 0 aliphatic carbocycles. The fraction of sp³-hybridized carbons (Fsp3) is 0.238. The largest absolute Gasteiger partial charge is 0.545 e. The van der Waals surface area contributed by atoms with Crippen LogP contribution in [0.4, 0.5) is 11.4 Å². The highest BCUT2D eigenvalue weighted by atomic mass is 32.2. The molecule has 1 fully saturated rings. The van der Waals surface area contributed by atoms with E-state index in [2.05, 4.69) is 10.3 Å². The lowest BCUT2D eigenvalue weighted by Gasteiger charge is -2.31. The molecule has 1 atom stereocenters. The third-order valence-corrected chi connectivity index (χ3v) is 5.63. The second-order valence-electron chi connectivity index (χ2n) is 6.37. The number of carboxylic acids is 1. The minimum absolute atomic E-state index is 0.0139. The van der Waals surface area contributed by atoms with Crippen LogP contribution >= 0.6 is 11.8 Å². The molecule has 1 saturated heterocycles. The number of amidine groups is 1. The summed E-state index contributed by atoms with van der Waals surface area (Å²) in [6.45, 7) is 2.27. The molecule has 1 heterocycles. The first-order chi connectivity index (χ1) is 14.4. The number of rotatable bonds is 6. The Kier molecular flexibility index (Phi) is 6.73.